The van der Waals surface area contributed by atoms with E-state index in [9.17, 15) is 0 Å². The maximum Gasteiger partial charge on any atom is 0.224 e. The van der Waals surface area contributed by atoms with E-state index in [1.165, 1.54) is 0 Å². The lowest BCUT2D eigenvalue weighted by Crippen LogP contribution is -2.36. The van der Waals surface area contributed by atoms with Crippen LogP contribution in [0.5, 0.6) is 17.4 Å². The second-order valence-corrected chi connectivity index (χ2v) is 5.46. The van der Waals surface area contributed by atoms with Crippen molar-refractivity contribution in [2.45, 2.75) is 19.9 Å². The van der Waals surface area contributed by atoms with Crippen molar-refractivity contribution in [3.63, 3.8) is 0 Å². The number of hydrogen-bond acceptors (Lipinski definition) is 4. The average molecular weight is 482 g/mol. The minimum Gasteiger partial charge on any atom is -0.490 e. The maximum absolute atomic E-state index is 6.03. The number of pyridine rings is 1. The number of rotatable bonds is 9. The van der Waals surface area contributed by atoms with E-state index in [0.717, 1.165) is 12.0 Å². The van der Waals surface area contributed by atoms with E-state index in [1.54, 1.807) is 19.3 Å². The average Bonchev–Trinajstić information content (AvgIpc) is 2.68. The smallest absolute Gasteiger partial charge is 0.224 e. The summed E-state index contributed by atoms with van der Waals surface area (Å²) in [4.78, 5) is 8.53. The Morgan fingerprint density at radius 3 is 2.67 bits per heavy atom. The van der Waals surface area contributed by atoms with Crippen LogP contribution in [0.3, 0.4) is 0 Å². The van der Waals surface area contributed by atoms with Gasteiger partial charge in [0.15, 0.2) is 17.5 Å². The van der Waals surface area contributed by atoms with Crippen LogP contribution < -0.4 is 20.1 Å². The van der Waals surface area contributed by atoms with Gasteiger partial charge in [0, 0.05) is 31.9 Å². The molecule has 0 radical (unpaired) electrons. The van der Waals surface area contributed by atoms with Crippen LogP contribution in [-0.2, 0) is 6.54 Å². The summed E-state index contributed by atoms with van der Waals surface area (Å²) >= 11 is 0. The summed E-state index contributed by atoms with van der Waals surface area (Å²) < 4.78 is 11.8. The number of ether oxygens (including phenoxy) is 2. The van der Waals surface area contributed by atoms with Gasteiger partial charge in [0.05, 0.1) is 6.61 Å². The van der Waals surface area contributed by atoms with Gasteiger partial charge in [-0.15, -0.1) is 30.6 Å². The van der Waals surface area contributed by atoms with Crippen molar-refractivity contribution in [3.05, 3.63) is 60.8 Å². The number of hydrogen-bond donors (Lipinski definition) is 2. The summed E-state index contributed by atoms with van der Waals surface area (Å²) in [5.41, 5.74) is 0.916. The first kappa shape index (κ1) is 22.8. The van der Waals surface area contributed by atoms with Crippen molar-refractivity contribution >= 4 is 29.9 Å². The normalized spacial score (nSPS) is 10.5. The first-order chi connectivity index (χ1) is 12.8. The van der Waals surface area contributed by atoms with Gasteiger partial charge in [0.2, 0.25) is 5.88 Å². The molecule has 0 amide bonds. The molecule has 0 atom stereocenters. The van der Waals surface area contributed by atoms with Crippen LogP contribution in [0.2, 0.25) is 0 Å². The Kier molecular flexibility index (Phi) is 10.9. The number of aromatic nitrogens is 1. The lowest BCUT2D eigenvalue weighted by molar-refractivity contribution is 0.300. The molecular weight excluding hydrogens is 455 g/mol. The Morgan fingerprint density at radius 1 is 1.19 bits per heavy atom. The molecule has 0 aliphatic carbocycles. The second-order valence-electron chi connectivity index (χ2n) is 5.46. The van der Waals surface area contributed by atoms with Crippen molar-refractivity contribution in [2.75, 3.05) is 20.2 Å². The Labute approximate surface area is 178 Å². The van der Waals surface area contributed by atoms with Gasteiger partial charge in [-0.1, -0.05) is 31.2 Å². The van der Waals surface area contributed by atoms with Crippen LogP contribution in [0.25, 0.3) is 0 Å². The van der Waals surface area contributed by atoms with Crippen LogP contribution in [-0.4, -0.2) is 31.1 Å². The van der Waals surface area contributed by atoms with Crippen molar-refractivity contribution in [1.82, 2.24) is 15.6 Å². The van der Waals surface area contributed by atoms with E-state index in [4.69, 9.17) is 9.47 Å². The first-order valence-electron chi connectivity index (χ1n) is 8.67. The van der Waals surface area contributed by atoms with Gasteiger partial charge in [0.1, 0.15) is 0 Å². The van der Waals surface area contributed by atoms with Gasteiger partial charge in [-0.25, -0.2) is 4.98 Å². The SMILES string of the molecule is C=CCNC(=NC)NCc1cccnc1Oc1ccccc1OCCC.I. The van der Waals surface area contributed by atoms with Crippen LogP contribution in [0.1, 0.15) is 18.9 Å². The van der Waals surface area contributed by atoms with E-state index in [1.807, 2.05) is 36.4 Å². The Bertz CT molecular complexity index is 737. The molecule has 7 heteroatoms. The van der Waals surface area contributed by atoms with Crippen molar-refractivity contribution < 1.29 is 9.47 Å². The topological polar surface area (TPSA) is 67.8 Å². The van der Waals surface area contributed by atoms with Gasteiger partial charge >= 0.3 is 0 Å². The van der Waals surface area contributed by atoms with E-state index in [2.05, 4.69) is 34.1 Å². The highest BCUT2D eigenvalue weighted by molar-refractivity contribution is 14.0. The lowest BCUT2D eigenvalue weighted by Gasteiger charge is -2.15. The van der Waals surface area contributed by atoms with Crippen molar-refractivity contribution in [1.29, 1.82) is 0 Å². The second kappa shape index (κ2) is 13.0. The fourth-order valence-corrected chi connectivity index (χ4v) is 2.19. The molecule has 1 aromatic heterocycles. The summed E-state index contributed by atoms with van der Waals surface area (Å²) in [5, 5.41) is 6.37. The fraction of sp³-hybridized carbons (Fsp3) is 0.300. The predicted molar refractivity (Wildman–Crippen MR) is 120 cm³/mol. The number of nitrogens with zero attached hydrogens (tertiary/aromatic N) is 2. The Balaban J connectivity index is 0.00000364. The quantitative estimate of drug-likeness (QED) is 0.244. The Morgan fingerprint density at radius 2 is 1.96 bits per heavy atom. The number of aliphatic imine (C=N–C) groups is 1. The summed E-state index contributed by atoms with van der Waals surface area (Å²) in [6, 6.07) is 11.5. The molecule has 0 aliphatic heterocycles. The molecule has 1 heterocycles. The number of benzene rings is 1. The molecule has 0 unspecified atom stereocenters. The molecule has 0 bridgehead atoms. The van der Waals surface area contributed by atoms with Crippen LogP contribution in [0, 0.1) is 0 Å². The summed E-state index contributed by atoms with van der Waals surface area (Å²) in [7, 11) is 1.72. The number of nitrogens with one attached hydrogen (secondary N) is 2. The minimum atomic E-state index is 0. The van der Waals surface area contributed by atoms with Crippen molar-refractivity contribution in [3.8, 4) is 17.4 Å². The zero-order chi connectivity index (χ0) is 18.6. The maximum atomic E-state index is 6.03. The molecule has 2 N–H and O–H groups in total. The largest absolute Gasteiger partial charge is 0.490 e. The highest BCUT2D eigenvalue weighted by Gasteiger charge is 2.10. The highest BCUT2D eigenvalue weighted by Crippen LogP contribution is 2.31. The monoisotopic (exact) mass is 482 g/mol. The zero-order valence-corrected chi connectivity index (χ0v) is 18.1. The van der Waals surface area contributed by atoms with Gasteiger partial charge in [-0.05, 0) is 24.6 Å². The van der Waals surface area contributed by atoms with Crippen molar-refractivity contribution in [2.24, 2.45) is 4.99 Å². The molecule has 27 heavy (non-hydrogen) atoms. The zero-order valence-electron chi connectivity index (χ0n) is 15.8. The third-order valence-electron chi connectivity index (χ3n) is 3.45. The van der Waals surface area contributed by atoms with E-state index in [0.29, 0.717) is 43.0 Å². The van der Waals surface area contributed by atoms with E-state index in [-0.39, 0.29) is 24.0 Å². The molecule has 0 aliphatic rings. The molecule has 2 rings (SSSR count). The van der Waals surface area contributed by atoms with Crippen LogP contribution in [0.4, 0.5) is 0 Å². The standard InChI is InChI=1S/C20H26N4O2.HI/c1-4-12-23-20(21-3)24-15-16-9-8-13-22-19(16)26-18-11-7-6-10-17(18)25-14-5-2;/h4,6-11,13H,1,5,12,14-15H2,2-3H3,(H2,21,23,24);1H. The number of guanidine groups is 1. The molecule has 6 nitrogen and oxygen atoms in total. The lowest BCUT2D eigenvalue weighted by atomic mass is 10.2. The third kappa shape index (κ3) is 7.46. The molecule has 146 valence electrons. The van der Waals surface area contributed by atoms with Crippen LogP contribution in [0.15, 0.2) is 60.2 Å². The number of halogens is 1. The molecule has 2 aromatic rings. The molecule has 1 aromatic carbocycles. The van der Waals surface area contributed by atoms with Gasteiger partial charge in [-0.2, -0.15) is 0 Å². The molecule has 0 saturated heterocycles. The fourth-order valence-electron chi connectivity index (χ4n) is 2.19. The predicted octanol–water partition coefficient (Wildman–Crippen LogP) is 4.13. The van der Waals surface area contributed by atoms with Gasteiger partial charge in [0.25, 0.3) is 0 Å². The summed E-state index contributed by atoms with van der Waals surface area (Å²) in [6.45, 7) is 7.56. The molecular formula is C20H27IN4O2. The molecule has 0 saturated carbocycles. The molecule has 0 spiro atoms. The summed E-state index contributed by atoms with van der Waals surface area (Å²) in [6.07, 6.45) is 4.42. The first-order valence-corrected chi connectivity index (χ1v) is 8.67. The molecule has 0 fully saturated rings. The van der Waals surface area contributed by atoms with E-state index >= 15 is 0 Å². The summed E-state index contributed by atoms with van der Waals surface area (Å²) in [5.74, 6) is 2.58. The Hall–Kier alpha value is -2.29. The number of para-hydroxylation sites is 2. The minimum absolute atomic E-state index is 0. The van der Waals surface area contributed by atoms with Gasteiger partial charge < -0.3 is 20.1 Å². The highest BCUT2D eigenvalue weighted by atomic mass is 127. The van der Waals surface area contributed by atoms with E-state index < -0.39 is 0 Å². The van der Waals surface area contributed by atoms with Gasteiger partial charge in [-0.3, -0.25) is 4.99 Å². The van der Waals surface area contributed by atoms with Crippen LogP contribution >= 0.6 is 24.0 Å². The third-order valence-corrected chi connectivity index (χ3v) is 3.45.